The van der Waals surface area contributed by atoms with E-state index >= 15 is 0 Å². The van der Waals surface area contributed by atoms with Crippen LogP contribution in [0.25, 0.3) is 0 Å². The van der Waals surface area contributed by atoms with E-state index in [1.807, 2.05) is 13.8 Å². The molecule has 2 atom stereocenters. The number of ether oxygens (including phenoxy) is 2. The highest BCUT2D eigenvalue weighted by Crippen LogP contribution is 2.33. The number of hydrogen-bond donors (Lipinski definition) is 1. The average Bonchev–Trinajstić information content (AvgIpc) is 3.61. The van der Waals surface area contributed by atoms with Gasteiger partial charge in [0.25, 0.3) is 17.4 Å². The molecule has 4 heterocycles. The van der Waals surface area contributed by atoms with Crippen LogP contribution in [0.2, 0.25) is 0 Å². The van der Waals surface area contributed by atoms with Gasteiger partial charge >= 0.3 is 0 Å². The number of likely N-dealkylation sites (tertiary alicyclic amines) is 1. The van der Waals surface area contributed by atoms with Gasteiger partial charge in [-0.1, -0.05) is 5.21 Å². The fraction of sp³-hybridized carbons (Fsp3) is 0.448. The number of carbonyl (C=O) groups excluding carboxylic acids is 3. The summed E-state index contributed by atoms with van der Waals surface area (Å²) in [6.07, 6.45) is 3.49. The zero-order valence-electron chi connectivity index (χ0n) is 24.0. The van der Waals surface area contributed by atoms with Crippen molar-refractivity contribution < 1.29 is 23.9 Å². The van der Waals surface area contributed by atoms with Crippen LogP contribution in [0.1, 0.15) is 52.7 Å². The molecule has 2 aliphatic heterocycles. The maximum atomic E-state index is 13.7. The van der Waals surface area contributed by atoms with E-state index in [2.05, 4.69) is 15.6 Å². The van der Waals surface area contributed by atoms with Crippen LogP contribution in [0, 0.1) is 5.92 Å². The molecule has 0 spiro atoms. The standard InChI is InChI=1S/C29H35N7O6/c1-4-41-24-9-8-19(13-25(24)42-5-2)27(38)35-15-20-14-26(37)30-10-12-33(3)28(39)22-7-6-11-34(29(22)40)16-21-17-36(32-31-21)23(20)18-35/h6-9,11,13,17,20,23H,4-5,10,12,14-16,18H2,1-3H3,(H,30,37)/t20-,23+/m0/s1. The Labute approximate surface area is 243 Å². The van der Waals surface area contributed by atoms with Crippen molar-refractivity contribution in [3.8, 4) is 11.5 Å². The number of benzene rings is 1. The Morgan fingerprint density at radius 1 is 1.07 bits per heavy atom. The van der Waals surface area contributed by atoms with E-state index in [0.717, 1.165) is 0 Å². The molecule has 0 unspecified atom stereocenters. The average molecular weight is 578 g/mol. The van der Waals surface area contributed by atoms with Gasteiger partial charge in [-0.3, -0.25) is 19.2 Å². The lowest BCUT2D eigenvalue weighted by Crippen LogP contribution is -2.39. The lowest BCUT2D eigenvalue weighted by molar-refractivity contribution is -0.122. The van der Waals surface area contributed by atoms with E-state index in [1.54, 1.807) is 53.3 Å². The maximum Gasteiger partial charge on any atom is 0.263 e. The monoisotopic (exact) mass is 577 g/mol. The second kappa shape index (κ2) is 12.5. The summed E-state index contributed by atoms with van der Waals surface area (Å²) in [5, 5.41) is 11.5. The first kappa shape index (κ1) is 28.8. The lowest BCUT2D eigenvalue weighted by Gasteiger charge is -2.20. The summed E-state index contributed by atoms with van der Waals surface area (Å²) in [7, 11) is 1.59. The second-order valence-electron chi connectivity index (χ2n) is 10.4. The molecular formula is C29H35N7O6. The van der Waals surface area contributed by atoms with Gasteiger partial charge in [-0.2, -0.15) is 0 Å². The van der Waals surface area contributed by atoms with Crippen LogP contribution in [-0.4, -0.2) is 93.5 Å². The van der Waals surface area contributed by atoms with E-state index in [-0.39, 0.29) is 55.4 Å². The maximum absolute atomic E-state index is 13.7. The summed E-state index contributed by atoms with van der Waals surface area (Å²) in [6, 6.07) is 7.96. The number of aromatic nitrogens is 4. The van der Waals surface area contributed by atoms with Crippen LogP contribution < -0.4 is 20.3 Å². The molecule has 2 aromatic heterocycles. The quantitative estimate of drug-likeness (QED) is 0.477. The molecule has 1 aromatic carbocycles. The summed E-state index contributed by atoms with van der Waals surface area (Å²) in [6.45, 7) is 5.88. The summed E-state index contributed by atoms with van der Waals surface area (Å²) in [5.41, 5.74) is 0.577. The molecule has 5 rings (SSSR count). The normalized spacial score (nSPS) is 19.3. The molecule has 0 saturated carbocycles. The van der Waals surface area contributed by atoms with Crippen molar-refractivity contribution in [2.45, 2.75) is 32.9 Å². The van der Waals surface area contributed by atoms with Gasteiger partial charge in [0.1, 0.15) is 11.3 Å². The molecule has 1 saturated heterocycles. The Kier molecular flexibility index (Phi) is 8.55. The first-order valence-corrected chi connectivity index (χ1v) is 14.1. The smallest absolute Gasteiger partial charge is 0.263 e. The number of rotatable bonds is 5. The largest absolute Gasteiger partial charge is 0.490 e. The number of nitrogens with zero attached hydrogens (tertiary/aromatic N) is 6. The minimum atomic E-state index is -0.433. The summed E-state index contributed by atoms with van der Waals surface area (Å²) < 4.78 is 14.4. The van der Waals surface area contributed by atoms with Crippen molar-refractivity contribution in [2.24, 2.45) is 5.92 Å². The highest BCUT2D eigenvalue weighted by Gasteiger charge is 2.39. The topological polar surface area (TPSA) is 141 Å². The zero-order chi connectivity index (χ0) is 29.8. The molecule has 42 heavy (non-hydrogen) atoms. The predicted molar refractivity (Wildman–Crippen MR) is 152 cm³/mol. The van der Waals surface area contributed by atoms with Gasteiger partial charge in [0.15, 0.2) is 11.5 Å². The van der Waals surface area contributed by atoms with Crippen LogP contribution in [-0.2, 0) is 11.3 Å². The van der Waals surface area contributed by atoms with Gasteiger partial charge in [-0.15, -0.1) is 5.10 Å². The Morgan fingerprint density at radius 2 is 1.86 bits per heavy atom. The Morgan fingerprint density at radius 3 is 2.64 bits per heavy atom. The van der Waals surface area contributed by atoms with E-state index in [9.17, 15) is 19.2 Å². The molecule has 3 aromatic rings. The van der Waals surface area contributed by atoms with E-state index in [4.69, 9.17) is 9.47 Å². The lowest BCUT2D eigenvalue weighted by atomic mass is 9.99. The third-order valence-electron chi connectivity index (χ3n) is 7.53. The number of pyridine rings is 1. The van der Waals surface area contributed by atoms with Crippen molar-refractivity contribution in [3.63, 3.8) is 0 Å². The van der Waals surface area contributed by atoms with E-state index in [1.165, 1.54) is 15.5 Å². The van der Waals surface area contributed by atoms with Crippen molar-refractivity contribution in [1.82, 2.24) is 34.7 Å². The first-order chi connectivity index (χ1) is 20.3. The molecule has 3 amide bonds. The van der Waals surface area contributed by atoms with Gasteiger partial charge in [0.2, 0.25) is 5.91 Å². The number of amides is 3. The fourth-order valence-corrected chi connectivity index (χ4v) is 5.41. The Bertz CT molecular complexity index is 1530. The van der Waals surface area contributed by atoms with Crippen LogP contribution >= 0.6 is 0 Å². The number of carbonyl (C=O) groups is 3. The van der Waals surface area contributed by atoms with Crippen molar-refractivity contribution in [3.05, 3.63) is 69.9 Å². The Hall–Kier alpha value is -4.68. The third-order valence-corrected chi connectivity index (χ3v) is 7.53. The van der Waals surface area contributed by atoms with Gasteiger partial charge in [0.05, 0.1) is 32.0 Å². The van der Waals surface area contributed by atoms with Gasteiger partial charge in [0, 0.05) is 57.3 Å². The van der Waals surface area contributed by atoms with E-state index < -0.39 is 11.5 Å². The van der Waals surface area contributed by atoms with Crippen LogP contribution in [0.3, 0.4) is 0 Å². The molecular weight excluding hydrogens is 542 g/mol. The minimum absolute atomic E-state index is 0.0395. The fourth-order valence-electron chi connectivity index (χ4n) is 5.41. The van der Waals surface area contributed by atoms with Crippen molar-refractivity contribution in [1.29, 1.82) is 0 Å². The first-order valence-electron chi connectivity index (χ1n) is 14.1. The number of likely N-dealkylation sites (N-methyl/N-ethyl adjacent to an activating group) is 1. The number of nitrogens with one attached hydrogen (secondary N) is 1. The molecule has 0 aliphatic carbocycles. The second-order valence-corrected chi connectivity index (χ2v) is 10.4. The zero-order valence-corrected chi connectivity index (χ0v) is 24.0. The van der Waals surface area contributed by atoms with Crippen LogP contribution in [0.15, 0.2) is 47.5 Å². The SMILES string of the molecule is CCOc1ccc(C(=O)N2C[C@@H]3CC(=O)NCCN(C)C(=O)c4cccn(c4=O)Cc4cn(nn4)[C@@H]3C2)cc1OCC. The highest BCUT2D eigenvalue weighted by atomic mass is 16.5. The molecule has 13 heteroatoms. The van der Waals surface area contributed by atoms with Crippen LogP contribution in [0.5, 0.6) is 11.5 Å². The van der Waals surface area contributed by atoms with Crippen LogP contribution in [0.4, 0.5) is 0 Å². The Balaban J connectivity index is 1.43. The summed E-state index contributed by atoms with van der Waals surface area (Å²) in [5.74, 6) is 0.0109. The predicted octanol–water partition coefficient (Wildman–Crippen LogP) is 1.19. The number of hydrogen-bond acceptors (Lipinski definition) is 8. The summed E-state index contributed by atoms with van der Waals surface area (Å²) >= 11 is 0. The van der Waals surface area contributed by atoms with Crippen molar-refractivity contribution in [2.75, 3.05) is 46.4 Å². The number of fused-ring (bicyclic) bond motifs is 6. The molecule has 2 aliphatic rings. The summed E-state index contributed by atoms with van der Waals surface area (Å²) in [4.78, 5) is 55.8. The van der Waals surface area contributed by atoms with Gasteiger partial charge in [-0.25, -0.2) is 4.68 Å². The molecule has 222 valence electrons. The van der Waals surface area contributed by atoms with Crippen molar-refractivity contribution >= 4 is 17.7 Å². The van der Waals surface area contributed by atoms with Gasteiger partial charge < -0.3 is 29.2 Å². The van der Waals surface area contributed by atoms with Gasteiger partial charge in [-0.05, 0) is 44.2 Å². The third kappa shape index (κ3) is 5.99. The van der Waals surface area contributed by atoms with E-state index in [0.29, 0.717) is 49.1 Å². The molecule has 1 fully saturated rings. The molecule has 1 N–H and O–H groups in total. The minimum Gasteiger partial charge on any atom is -0.490 e. The highest BCUT2D eigenvalue weighted by molar-refractivity contribution is 5.95. The molecule has 0 radical (unpaired) electrons. The molecule has 13 nitrogen and oxygen atoms in total. The molecule has 4 bridgehead atoms.